The van der Waals surface area contributed by atoms with Crippen molar-refractivity contribution in [3.63, 3.8) is 0 Å². The lowest BCUT2D eigenvalue weighted by Crippen LogP contribution is -2.30. The molecule has 1 aromatic carbocycles. The maximum Gasteiger partial charge on any atom is 0.254 e. The summed E-state index contributed by atoms with van der Waals surface area (Å²) in [5, 5.41) is 0.857. The molecule has 1 unspecified atom stereocenters. The molecule has 0 aliphatic carbocycles. The van der Waals surface area contributed by atoms with E-state index < -0.39 is 0 Å². The smallest absolute Gasteiger partial charge is 0.254 e. The van der Waals surface area contributed by atoms with Crippen LogP contribution in [0.3, 0.4) is 0 Å². The topological polar surface area (TPSA) is 66.4 Å². The average molecular weight is 388 g/mol. The minimum atomic E-state index is -0.0362. The lowest BCUT2D eigenvalue weighted by atomic mass is 9.99. The number of carbonyl (C=O) groups excluding carboxylic acids is 2. The highest BCUT2D eigenvalue weighted by Crippen LogP contribution is 2.30. The lowest BCUT2D eigenvalue weighted by molar-refractivity contribution is -0.129. The van der Waals surface area contributed by atoms with Crippen LogP contribution in [0.4, 0.5) is 0 Å². The van der Waals surface area contributed by atoms with Crippen LogP contribution in [-0.4, -0.2) is 58.8 Å². The van der Waals surface area contributed by atoms with Crippen molar-refractivity contribution in [1.82, 2.24) is 19.8 Å². The summed E-state index contributed by atoms with van der Waals surface area (Å²) in [5.41, 5.74) is 3.13. The highest BCUT2D eigenvalue weighted by molar-refractivity contribution is 6.06. The predicted octanol–water partition coefficient (Wildman–Crippen LogP) is 2.89. The molecule has 2 amide bonds. The quantitative estimate of drug-likeness (QED) is 0.689. The van der Waals surface area contributed by atoms with Gasteiger partial charge in [0.05, 0.1) is 17.5 Å². The molecular weight excluding hydrogens is 364 g/mol. The highest BCUT2D eigenvalue weighted by atomic mass is 16.2. The molecule has 0 radical (unpaired) electrons. The first-order valence-electron chi connectivity index (χ1n) is 9.82. The molecule has 2 aromatic heterocycles. The van der Waals surface area contributed by atoms with E-state index in [-0.39, 0.29) is 17.7 Å². The summed E-state index contributed by atoms with van der Waals surface area (Å²) in [6.07, 6.45) is 2.86. The Morgan fingerprint density at radius 1 is 1.14 bits per heavy atom. The zero-order valence-electron chi connectivity index (χ0n) is 16.7. The van der Waals surface area contributed by atoms with Gasteiger partial charge < -0.3 is 9.80 Å². The van der Waals surface area contributed by atoms with Gasteiger partial charge in [-0.15, -0.1) is 0 Å². The Morgan fingerprint density at radius 3 is 2.69 bits per heavy atom. The van der Waals surface area contributed by atoms with Gasteiger partial charge in [-0.25, -0.2) is 0 Å². The van der Waals surface area contributed by atoms with Crippen LogP contribution in [0.1, 0.15) is 34.1 Å². The van der Waals surface area contributed by atoms with Crippen molar-refractivity contribution in [2.24, 2.45) is 0 Å². The van der Waals surface area contributed by atoms with Crippen LogP contribution >= 0.6 is 0 Å². The first-order valence-corrected chi connectivity index (χ1v) is 9.82. The Labute approximate surface area is 170 Å². The van der Waals surface area contributed by atoms with Crippen LogP contribution in [0, 0.1) is 0 Å². The minimum Gasteiger partial charge on any atom is -0.345 e. The fraction of sp³-hybridized carbons (Fsp3) is 0.304. The van der Waals surface area contributed by atoms with Crippen LogP contribution in [-0.2, 0) is 11.2 Å². The van der Waals surface area contributed by atoms with Crippen LogP contribution in [0.15, 0.2) is 54.7 Å². The lowest BCUT2D eigenvalue weighted by Gasteiger charge is -2.18. The second-order valence-electron chi connectivity index (χ2n) is 7.63. The molecule has 1 aliphatic rings. The number of likely N-dealkylation sites (tertiary alicyclic amines) is 1. The average Bonchev–Trinajstić information content (AvgIpc) is 3.23. The second kappa shape index (κ2) is 7.99. The number of benzene rings is 1. The molecule has 1 atom stereocenters. The molecule has 4 rings (SSSR count). The fourth-order valence-electron chi connectivity index (χ4n) is 3.82. The van der Waals surface area contributed by atoms with Crippen LogP contribution in [0.25, 0.3) is 10.9 Å². The number of nitrogens with zero attached hydrogens (tertiary/aromatic N) is 4. The third-order valence-corrected chi connectivity index (χ3v) is 5.39. The van der Waals surface area contributed by atoms with Crippen molar-refractivity contribution in [1.29, 1.82) is 0 Å². The van der Waals surface area contributed by atoms with Gasteiger partial charge in [0.2, 0.25) is 5.91 Å². The van der Waals surface area contributed by atoms with Gasteiger partial charge in [-0.2, -0.15) is 0 Å². The number of hydrogen-bond donors (Lipinski definition) is 0. The number of para-hydroxylation sites is 1. The summed E-state index contributed by atoms with van der Waals surface area (Å²) < 4.78 is 0. The van der Waals surface area contributed by atoms with Gasteiger partial charge in [0.15, 0.2) is 0 Å². The van der Waals surface area contributed by atoms with Crippen molar-refractivity contribution in [2.45, 2.75) is 18.8 Å². The number of fused-ring (bicyclic) bond motifs is 1. The first-order chi connectivity index (χ1) is 14.0. The minimum absolute atomic E-state index is 0.0362. The molecule has 1 saturated heterocycles. The zero-order chi connectivity index (χ0) is 20.4. The molecule has 148 valence electrons. The van der Waals surface area contributed by atoms with Gasteiger partial charge in [-0.05, 0) is 30.7 Å². The van der Waals surface area contributed by atoms with Crippen molar-refractivity contribution >= 4 is 22.7 Å². The maximum atomic E-state index is 12.7. The van der Waals surface area contributed by atoms with E-state index in [0.29, 0.717) is 25.1 Å². The molecule has 0 bridgehead atoms. The van der Waals surface area contributed by atoms with E-state index in [0.717, 1.165) is 28.7 Å². The van der Waals surface area contributed by atoms with Crippen LogP contribution in [0.5, 0.6) is 0 Å². The Hall–Kier alpha value is -3.28. The van der Waals surface area contributed by atoms with Gasteiger partial charge in [-0.3, -0.25) is 19.6 Å². The summed E-state index contributed by atoms with van der Waals surface area (Å²) in [5.74, 6) is 0.170. The number of rotatable bonds is 4. The maximum absolute atomic E-state index is 12.7. The Kier molecular flexibility index (Phi) is 5.25. The van der Waals surface area contributed by atoms with Gasteiger partial charge in [0, 0.05) is 56.1 Å². The fourth-order valence-corrected chi connectivity index (χ4v) is 3.82. The summed E-state index contributed by atoms with van der Waals surface area (Å²) in [7, 11) is 3.51. The van der Waals surface area contributed by atoms with Gasteiger partial charge in [0.25, 0.3) is 5.91 Å². The van der Waals surface area contributed by atoms with Crippen molar-refractivity contribution in [3.05, 3.63) is 71.7 Å². The number of pyridine rings is 2. The molecule has 3 aromatic rings. The highest BCUT2D eigenvalue weighted by Gasteiger charge is 2.29. The second-order valence-corrected chi connectivity index (χ2v) is 7.63. The summed E-state index contributed by atoms with van der Waals surface area (Å²) in [6.45, 7) is 1.31. The molecule has 0 N–H and O–H groups in total. The van der Waals surface area contributed by atoms with Crippen molar-refractivity contribution < 1.29 is 9.59 Å². The van der Waals surface area contributed by atoms with Gasteiger partial charge >= 0.3 is 0 Å². The SMILES string of the molecule is CN(C)C(=O)c1cc(C2CCN(C(=O)Cc3ccccn3)C2)nc2ccccc12. The molecular formula is C23H24N4O2. The molecule has 1 aliphatic heterocycles. The van der Waals surface area contributed by atoms with E-state index in [2.05, 4.69) is 4.98 Å². The first kappa shape index (κ1) is 19.1. The largest absolute Gasteiger partial charge is 0.345 e. The molecule has 29 heavy (non-hydrogen) atoms. The normalized spacial score (nSPS) is 16.2. The van der Waals surface area contributed by atoms with Gasteiger partial charge in [0.1, 0.15) is 0 Å². The zero-order valence-corrected chi connectivity index (χ0v) is 16.7. The van der Waals surface area contributed by atoms with E-state index in [1.54, 1.807) is 25.2 Å². The monoisotopic (exact) mass is 388 g/mol. The molecule has 1 fully saturated rings. The number of hydrogen-bond acceptors (Lipinski definition) is 4. The third kappa shape index (κ3) is 3.97. The van der Waals surface area contributed by atoms with Crippen LogP contribution < -0.4 is 0 Å². The van der Waals surface area contributed by atoms with Crippen LogP contribution in [0.2, 0.25) is 0 Å². The Balaban J connectivity index is 1.57. The Bertz CT molecular complexity index is 1050. The summed E-state index contributed by atoms with van der Waals surface area (Å²) >= 11 is 0. The summed E-state index contributed by atoms with van der Waals surface area (Å²) in [6, 6.07) is 15.2. The number of amides is 2. The molecule has 6 nitrogen and oxygen atoms in total. The van der Waals surface area contributed by atoms with E-state index >= 15 is 0 Å². The number of aromatic nitrogens is 2. The summed E-state index contributed by atoms with van der Waals surface area (Å²) in [4.78, 5) is 37.9. The van der Waals surface area contributed by atoms with E-state index in [4.69, 9.17) is 4.98 Å². The predicted molar refractivity (Wildman–Crippen MR) is 112 cm³/mol. The molecule has 0 saturated carbocycles. The van der Waals surface area contributed by atoms with E-state index in [1.165, 1.54) is 0 Å². The number of carbonyl (C=O) groups is 2. The molecule has 6 heteroatoms. The van der Waals surface area contributed by atoms with E-state index in [1.807, 2.05) is 53.4 Å². The molecule has 0 spiro atoms. The Morgan fingerprint density at radius 2 is 1.93 bits per heavy atom. The van der Waals surface area contributed by atoms with E-state index in [9.17, 15) is 9.59 Å². The van der Waals surface area contributed by atoms with Gasteiger partial charge in [-0.1, -0.05) is 24.3 Å². The van der Waals surface area contributed by atoms with Crippen molar-refractivity contribution in [3.8, 4) is 0 Å². The third-order valence-electron chi connectivity index (χ3n) is 5.39. The molecule has 3 heterocycles. The van der Waals surface area contributed by atoms with Crippen molar-refractivity contribution in [2.75, 3.05) is 27.2 Å². The standard InChI is InChI=1S/C23H24N4O2/c1-26(2)23(29)19-14-21(25-20-9-4-3-8-18(19)20)16-10-12-27(15-16)22(28)13-17-7-5-6-11-24-17/h3-9,11,14,16H,10,12-13,15H2,1-2H3.